The molecule has 14 rings (SSSR count). The third-order valence-corrected chi connectivity index (χ3v) is 18.0. The van der Waals surface area contributed by atoms with Crippen molar-refractivity contribution in [2.24, 2.45) is 0 Å². The topological polar surface area (TPSA) is 6.48 Å². The summed E-state index contributed by atoms with van der Waals surface area (Å²) in [6.45, 7) is 9.09. The van der Waals surface area contributed by atoms with Crippen LogP contribution in [0.25, 0.3) is 95.3 Å². The lowest BCUT2D eigenvalue weighted by Crippen LogP contribution is -2.15. The number of hydrogen-bond donors (Lipinski definition) is 0. The van der Waals surface area contributed by atoms with E-state index in [9.17, 15) is 0 Å². The van der Waals surface area contributed by atoms with Crippen molar-refractivity contribution in [1.29, 1.82) is 0 Å². The number of nitrogens with zero attached hydrogens (tertiary/aromatic N) is 2. The summed E-state index contributed by atoms with van der Waals surface area (Å²) in [6.07, 6.45) is 0. The second-order valence-electron chi connectivity index (χ2n) is 20.2. The van der Waals surface area contributed by atoms with E-state index in [1.165, 1.54) is 129 Å². The van der Waals surface area contributed by atoms with Gasteiger partial charge in [0, 0.05) is 84.7 Å². The number of benzene rings is 12. The lowest BCUT2D eigenvalue weighted by atomic mass is 9.94. The van der Waals surface area contributed by atoms with E-state index in [4.69, 9.17) is 0 Å². The lowest BCUT2D eigenvalue weighted by Gasteiger charge is -2.32. The van der Waals surface area contributed by atoms with Gasteiger partial charge in [0.2, 0.25) is 0 Å². The largest absolute Gasteiger partial charge is 0.309 e. The molecule has 0 saturated carbocycles. The van der Waals surface area contributed by atoms with Crippen LogP contribution in [0, 0.1) is 27.7 Å². The van der Waals surface area contributed by atoms with E-state index in [0.717, 1.165) is 22.7 Å². The van der Waals surface area contributed by atoms with Gasteiger partial charge in [0.25, 0.3) is 0 Å². The van der Waals surface area contributed by atoms with Crippen LogP contribution in [0.1, 0.15) is 22.3 Å². The standard InChI is InChI=1S/C72H52N2S2/c1-45-19-13-29-57(61-33-17-31-59-55-27-9-11-37-67(55)75-71(59)61)69(45)73(65-35-15-23-49-21-5-7-25-53(49)65)63-41-39-51(43-47(63)3)52-40-42-64(48(4)44-52)74(66-36-16-24-50-22-6-8-26-54(50)66)70-46(2)20-14-30-58(70)62-34-18-32-60-56-28-10-12-38-68(56)76-72(60)62/h5-44H,1-4H3. The second-order valence-corrected chi connectivity index (χ2v) is 22.3. The number of anilines is 6. The molecule has 0 N–H and O–H groups in total. The van der Waals surface area contributed by atoms with Crippen molar-refractivity contribution in [3.05, 3.63) is 265 Å². The molecule has 0 fully saturated rings. The van der Waals surface area contributed by atoms with Crippen molar-refractivity contribution in [3.63, 3.8) is 0 Å². The summed E-state index contributed by atoms with van der Waals surface area (Å²) < 4.78 is 5.24. The number of fused-ring (bicyclic) bond motifs is 8. The highest BCUT2D eigenvalue weighted by atomic mass is 32.1. The molecule has 0 radical (unpaired) electrons. The number of rotatable bonds is 9. The zero-order valence-electron chi connectivity index (χ0n) is 42.8. The normalized spacial score (nSPS) is 11.7. The third-order valence-electron chi connectivity index (χ3n) is 15.5. The van der Waals surface area contributed by atoms with Crippen LogP contribution < -0.4 is 9.80 Å². The van der Waals surface area contributed by atoms with Crippen molar-refractivity contribution in [2.45, 2.75) is 27.7 Å². The van der Waals surface area contributed by atoms with Crippen LogP contribution in [0.4, 0.5) is 34.1 Å². The molecule has 0 aliphatic carbocycles. The molecule has 14 aromatic rings. The Morgan fingerprint density at radius 2 is 0.618 bits per heavy atom. The van der Waals surface area contributed by atoms with Gasteiger partial charge in [-0.1, -0.05) is 194 Å². The van der Waals surface area contributed by atoms with Gasteiger partial charge in [-0.05, 0) is 120 Å². The van der Waals surface area contributed by atoms with Gasteiger partial charge in [0.1, 0.15) is 0 Å². The molecule has 2 aromatic heterocycles. The van der Waals surface area contributed by atoms with Crippen LogP contribution in [-0.4, -0.2) is 0 Å². The Balaban J connectivity index is 0.923. The SMILES string of the molecule is Cc1cc(-c2ccc(N(c3c(C)cccc3-c3cccc4c3sc3ccccc34)c3cccc4ccccc34)c(C)c2)ccc1N(c1c(C)cccc1-c1cccc2c1sc1ccccc12)c1cccc2ccccc12. The predicted octanol–water partition coefficient (Wildman–Crippen LogP) is 21.9. The van der Waals surface area contributed by atoms with Gasteiger partial charge in [0.05, 0.1) is 22.7 Å². The van der Waals surface area contributed by atoms with Gasteiger partial charge in [-0.2, -0.15) is 0 Å². The molecule has 0 atom stereocenters. The van der Waals surface area contributed by atoms with Crippen LogP contribution in [0.5, 0.6) is 0 Å². The third kappa shape index (κ3) is 7.51. The van der Waals surface area contributed by atoms with Gasteiger partial charge in [-0.15, -0.1) is 22.7 Å². The summed E-state index contributed by atoms with van der Waals surface area (Å²) in [5.74, 6) is 0. The molecule has 0 amide bonds. The molecule has 12 aromatic carbocycles. The van der Waals surface area contributed by atoms with Gasteiger partial charge < -0.3 is 9.80 Å². The summed E-state index contributed by atoms with van der Waals surface area (Å²) >= 11 is 3.78. The van der Waals surface area contributed by atoms with E-state index in [2.05, 4.69) is 280 Å². The van der Waals surface area contributed by atoms with E-state index in [1.54, 1.807) is 0 Å². The molecule has 0 aliphatic rings. The predicted molar refractivity (Wildman–Crippen MR) is 332 cm³/mol. The summed E-state index contributed by atoms with van der Waals surface area (Å²) in [7, 11) is 0. The number of aryl methyl sites for hydroxylation is 4. The van der Waals surface area contributed by atoms with Crippen molar-refractivity contribution in [1.82, 2.24) is 0 Å². The monoisotopic (exact) mass is 1010 g/mol. The first-order chi connectivity index (χ1) is 37.4. The summed E-state index contributed by atoms with van der Waals surface area (Å²) in [6, 6.07) is 90.0. The van der Waals surface area contributed by atoms with E-state index < -0.39 is 0 Å². The van der Waals surface area contributed by atoms with Crippen molar-refractivity contribution < 1.29 is 0 Å². The minimum absolute atomic E-state index is 1.15. The molecule has 4 heteroatoms. The minimum Gasteiger partial charge on any atom is -0.309 e. The first kappa shape index (κ1) is 45.8. The highest BCUT2D eigenvalue weighted by Crippen LogP contribution is 2.52. The van der Waals surface area contributed by atoms with E-state index in [1.807, 2.05) is 22.7 Å². The quantitative estimate of drug-likeness (QED) is 0.142. The Morgan fingerprint density at radius 1 is 0.263 bits per heavy atom. The fourth-order valence-corrected chi connectivity index (χ4v) is 14.4. The summed E-state index contributed by atoms with van der Waals surface area (Å²) in [4.78, 5) is 5.07. The average Bonchev–Trinajstić information content (AvgIpc) is 4.11. The molecule has 362 valence electrons. The van der Waals surface area contributed by atoms with E-state index in [-0.39, 0.29) is 0 Å². The fraction of sp³-hybridized carbons (Fsp3) is 0.0556. The van der Waals surface area contributed by atoms with Crippen molar-refractivity contribution in [2.75, 3.05) is 9.80 Å². The highest BCUT2D eigenvalue weighted by molar-refractivity contribution is 7.26. The van der Waals surface area contributed by atoms with Gasteiger partial charge >= 0.3 is 0 Å². The lowest BCUT2D eigenvalue weighted by molar-refractivity contribution is 1.23. The maximum Gasteiger partial charge on any atom is 0.0570 e. The van der Waals surface area contributed by atoms with Crippen LogP contribution in [0.3, 0.4) is 0 Å². The average molecular weight is 1010 g/mol. The number of para-hydroxylation sites is 2. The van der Waals surface area contributed by atoms with Gasteiger partial charge in [-0.25, -0.2) is 0 Å². The van der Waals surface area contributed by atoms with E-state index in [0.29, 0.717) is 0 Å². The second kappa shape index (κ2) is 18.5. The number of hydrogen-bond acceptors (Lipinski definition) is 4. The highest BCUT2D eigenvalue weighted by Gasteiger charge is 2.27. The molecule has 0 saturated heterocycles. The molecule has 0 bridgehead atoms. The first-order valence-corrected chi connectivity index (χ1v) is 27.8. The minimum atomic E-state index is 1.15. The zero-order valence-corrected chi connectivity index (χ0v) is 44.4. The Labute approximate surface area is 451 Å². The van der Waals surface area contributed by atoms with E-state index >= 15 is 0 Å². The molecule has 0 aliphatic heterocycles. The summed E-state index contributed by atoms with van der Waals surface area (Å²) in [5.41, 5.74) is 19.1. The van der Waals surface area contributed by atoms with Gasteiger partial charge in [0.15, 0.2) is 0 Å². The molecule has 76 heavy (non-hydrogen) atoms. The summed E-state index contributed by atoms with van der Waals surface area (Å²) in [5, 5.41) is 10.1. The van der Waals surface area contributed by atoms with Gasteiger partial charge in [-0.3, -0.25) is 0 Å². The Kier molecular flexibility index (Phi) is 11.2. The number of thiophene rings is 2. The van der Waals surface area contributed by atoms with Crippen LogP contribution in [0.2, 0.25) is 0 Å². The zero-order chi connectivity index (χ0) is 51.0. The molecular formula is C72H52N2S2. The Hall–Kier alpha value is -8.80. The van der Waals surface area contributed by atoms with Crippen molar-refractivity contribution >= 4 is 119 Å². The fourth-order valence-electron chi connectivity index (χ4n) is 12.0. The van der Waals surface area contributed by atoms with Crippen LogP contribution >= 0.6 is 22.7 Å². The maximum atomic E-state index is 2.54. The van der Waals surface area contributed by atoms with Crippen LogP contribution in [-0.2, 0) is 0 Å². The molecule has 2 heterocycles. The maximum absolute atomic E-state index is 2.54. The van der Waals surface area contributed by atoms with Crippen LogP contribution in [0.15, 0.2) is 243 Å². The Morgan fingerprint density at radius 3 is 1.07 bits per heavy atom. The molecular weight excluding hydrogens is 957 g/mol. The molecule has 0 unspecified atom stereocenters. The smallest absolute Gasteiger partial charge is 0.0570 e. The Bertz CT molecular complexity index is 4310. The van der Waals surface area contributed by atoms with Crippen molar-refractivity contribution in [3.8, 4) is 33.4 Å². The molecule has 2 nitrogen and oxygen atoms in total. The molecule has 0 spiro atoms. The first-order valence-electron chi connectivity index (χ1n) is 26.2.